The second-order valence-electron chi connectivity index (χ2n) is 6.84. The van der Waals surface area contributed by atoms with E-state index in [9.17, 15) is 4.79 Å². The van der Waals surface area contributed by atoms with Gasteiger partial charge in [0.15, 0.2) is 11.5 Å². The van der Waals surface area contributed by atoms with Crippen LogP contribution in [-0.4, -0.2) is 51.3 Å². The van der Waals surface area contributed by atoms with Gasteiger partial charge in [0.1, 0.15) is 0 Å². The molecule has 0 saturated heterocycles. The molecule has 0 unspecified atom stereocenters. The van der Waals surface area contributed by atoms with Crippen LogP contribution in [-0.2, 0) is 0 Å². The number of ether oxygens (including phenoxy) is 1. The van der Waals surface area contributed by atoms with Crippen LogP contribution in [0.25, 0.3) is 0 Å². The smallest absolute Gasteiger partial charge is 0.182 e. The molecule has 0 heterocycles. The fourth-order valence-corrected chi connectivity index (χ4v) is 3.12. The van der Waals surface area contributed by atoms with Gasteiger partial charge in [-0.2, -0.15) is 0 Å². The number of carbonyl (C=O) groups is 1. The number of likely N-dealkylation sites (N-methyl/N-ethyl adjacent to an activating group) is 1. The highest BCUT2D eigenvalue weighted by molar-refractivity contribution is 6.32. The van der Waals surface area contributed by atoms with E-state index in [4.69, 9.17) is 16.3 Å². The number of aryl methyl sites for hydroxylation is 2. The van der Waals surface area contributed by atoms with Gasteiger partial charge >= 0.3 is 0 Å². The quantitative estimate of drug-likeness (QED) is 0.358. The van der Waals surface area contributed by atoms with Crippen molar-refractivity contribution in [1.29, 1.82) is 0 Å². The predicted octanol–water partition coefficient (Wildman–Crippen LogP) is 4.90. The number of anilines is 1. The maximum Gasteiger partial charge on any atom is 0.182 e. The summed E-state index contributed by atoms with van der Waals surface area (Å²) in [6.07, 6.45) is 1.81. The molecule has 0 spiro atoms. The van der Waals surface area contributed by atoms with E-state index in [0.717, 1.165) is 29.0 Å². The first-order chi connectivity index (χ1) is 13.3. The Morgan fingerprint density at radius 3 is 2.57 bits per heavy atom. The van der Waals surface area contributed by atoms with Crippen LogP contribution >= 0.6 is 11.6 Å². The Morgan fingerprint density at radius 2 is 1.93 bits per heavy atom. The van der Waals surface area contributed by atoms with Crippen molar-refractivity contribution in [2.24, 2.45) is 4.99 Å². The first kappa shape index (κ1) is 21.8. The number of Topliss-reactive ketones (excluding diaryl/α,β-unsaturated/α-hetero) is 1. The molecule has 0 saturated carbocycles. The van der Waals surface area contributed by atoms with Crippen LogP contribution in [0.3, 0.4) is 0 Å². The number of aliphatic imine (C=N–C) groups is 1. The standard InChI is InChI=1S/C22H28ClN3O2/c1-7-25(4)14-24-19-12-15(2)17(11-16(19)3)21(27)13-26(5)20-10-8-9-18(23)22(20)28-6/h8-12,14H,7,13H2,1-6H3/b24-14-. The van der Waals surface area contributed by atoms with E-state index in [1.807, 2.05) is 68.3 Å². The summed E-state index contributed by atoms with van der Waals surface area (Å²) in [5, 5.41) is 0.519. The van der Waals surface area contributed by atoms with Gasteiger partial charge in [0.2, 0.25) is 0 Å². The van der Waals surface area contributed by atoms with Gasteiger partial charge < -0.3 is 14.5 Å². The van der Waals surface area contributed by atoms with E-state index < -0.39 is 0 Å². The third-order valence-corrected chi connectivity index (χ3v) is 4.98. The zero-order valence-electron chi connectivity index (χ0n) is 17.4. The topological polar surface area (TPSA) is 45.1 Å². The van der Waals surface area contributed by atoms with Crippen LogP contribution < -0.4 is 9.64 Å². The van der Waals surface area contributed by atoms with Crippen LogP contribution in [0, 0.1) is 13.8 Å². The number of hydrogen-bond donors (Lipinski definition) is 0. The third kappa shape index (κ3) is 5.04. The normalized spacial score (nSPS) is 11.0. The molecule has 0 atom stereocenters. The van der Waals surface area contributed by atoms with E-state index in [1.165, 1.54) is 0 Å². The van der Waals surface area contributed by atoms with Crippen molar-refractivity contribution in [2.75, 3.05) is 39.2 Å². The second-order valence-corrected chi connectivity index (χ2v) is 7.25. The summed E-state index contributed by atoms with van der Waals surface area (Å²) in [7, 11) is 5.40. The maximum absolute atomic E-state index is 12.9. The van der Waals surface area contributed by atoms with Crippen molar-refractivity contribution in [3.05, 3.63) is 52.0 Å². The minimum atomic E-state index is 0.0336. The first-order valence-corrected chi connectivity index (χ1v) is 9.58. The van der Waals surface area contributed by atoms with Gasteiger partial charge in [0.05, 0.1) is 36.4 Å². The van der Waals surface area contributed by atoms with E-state index in [1.54, 1.807) is 13.2 Å². The molecule has 2 aromatic rings. The highest BCUT2D eigenvalue weighted by Gasteiger charge is 2.17. The summed E-state index contributed by atoms with van der Waals surface area (Å²) in [6.45, 7) is 7.08. The Bertz CT molecular complexity index is 880. The van der Waals surface area contributed by atoms with Crippen LogP contribution in [0.15, 0.2) is 35.3 Å². The number of hydrogen-bond acceptors (Lipinski definition) is 4. The molecule has 0 amide bonds. The number of ketones is 1. The molecule has 0 aliphatic carbocycles. The van der Waals surface area contributed by atoms with E-state index >= 15 is 0 Å². The van der Waals surface area contributed by atoms with Crippen molar-refractivity contribution in [3.8, 4) is 5.75 Å². The van der Waals surface area contributed by atoms with Gasteiger partial charge in [-0.05, 0) is 56.2 Å². The Kier molecular flexibility index (Phi) is 7.46. The highest BCUT2D eigenvalue weighted by Crippen LogP contribution is 2.34. The Morgan fingerprint density at radius 1 is 1.21 bits per heavy atom. The zero-order chi connectivity index (χ0) is 20.8. The number of methoxy groups -OCH3 is 1. The lowest BCUT2D eigenvalue weighted by atomic mass is 10.00. The lowest BCUT2D eigenvalue weighted by Crippen LogP contribution is -2.26. The number of para-hydroxylation sites is 1. The minimum Gasteiger partial charge on any atom is -0.493 e. The largest absolute Gasteiger partial charge is 0.493 e. The SMILES string of the molecule is CCN(C)/C=N\c1cc(C)c(C(=O)CN(C)c2cccc(Cl)c2OC)cc1C. The number of rotatable bonds is 8. The molecule has 150 valence electrons. The molecule has 2 rings (SSSR count). The van der Waals surface area contributed by atoms with Crippen LogP contribution in [0.2, 0.25) is 5.02 Å². The molecular formula is C22H28ClN3O2. The molecule has 28 heavy (non-hydrogen) atoms. The average Bonchev–Trinajstić information content (AvgIpc) is 2.67. The number of halogens is 1. The third-order valence-electron chi connectivity index (χ3n) is 4.68. The summed E-state index contributed by atoms with van der Waals surface area (Å²) in [5.41, 5.74) is 4.24. The fourth-order valence-electron chi connectivity index (χ4n) is 2.87. The summed E-state index contributed by atoms with van der Waals surface area (Å²) in [5.74, 6) is 0.600. The molecule has 5 nitrogen and oxygen atoms in total. The van der Waals surface area contributed by atoms with Gasteiger partial charge in [-0.1, -0.05) is 17.7 Å². The van der Waals surface area contributed by atoms with Gasteiger partial charge in [-0.25, -0.2) is 4.99 Å². The van der Waals surface area contributed by atoms with Gasteiger partial charge in [0, 0.05) is 26.2 Å². The maximum atomic E-state index is 12.9. The zero-order valence-corrected chi connectivity index (χ0v) is 18.2. The van der Waals surface area contributed by atoms with Crippen molar-refractivity contribution < 1.29 is 9.53 Å². The molecular weight excluding hydrogens is 374 g/mol. The second kappa shape index (κ2) is 9.60. The summed E-state index contributed by atoms with van der Waals surface area (Å²) >= 11 is 6.20. The highest BCUT2D eigenvalue weighted by atomic mass is 35.5. The molecule has 6 heteroatoms. The Balaban J connectivity index is 2.24. The molecule has 0 bridgehead atoms. The van der Waals surface area contributed by atoms with Crippen molar-refractivity contribution >= 4 is 35.1 Å². The number of carbonyl (C=O) groups excluding carboxylic acids is 1. The van der Waals surface area contributed by atoms with Gasteiger partial charge in [-0.3, -0.25) is 4.79 Å². The van der Waals surface area contributed by atoms with E-state index in [-0.39, 0.29) is 12.3 Å². The van der Waals surface area contributed by atoms with Crippen LogP contribution in [0.5, 0.6) is 5.75 Å². The lowest BCUT2D eigenvalue weighted by Gasteiger charge is -2.22. The molecule has 0 N–H and O–H groups in total. The minimum absolute atomic E-state index is 0.0336. The predicted molar refractivity (Wildman–Crippen MR) is 118 cm³/mol. The summed E-state index contributed by atoms with van der Waals surface area (Å²) in [6, 6.07) is 9.37. The van der Waals surface area contributed by atoms with E-state index in [2.05, 4.69) is 11.9 Å². The number of benzene rings is 2. The summed E-state index contributed by atoms with van der Waals surface area (Å²) in [4.78, 5) is 21.3. The van der Waals surface area contributed by atoms with Crippen molar-refractivity contribution in [3.63, 3.8) is 0 Å². The molecule has 0 radical (unpaired) electrons. The molecule has 0 aliphatic rings. The molecule has 0 aliphatic heterocycles. The average molecular weight is 402 g/mol. The Hall–Kier alpha value is -2.53. The lowest BCUT2D eigenvalue weighted by molar-refractivity contribution is 0.0999. The monoisotopic (exact) mass is 401 g/mol. The molecule has 0 fully saturated rings. The molecule has 0 aromatic heterocycles. The first-order valence-electron chi connectivity index (χ1n) is 9.21. The van der Waals surface area contributed by atoms with Crippen LogP contribution in [0.1, 0.15) is 28.4 Å². The molecule has 2 aromatic carbocycles. The number of nitrogens with zero attached hydrogens (tertiary/aromatic N) is 3. The fraction of sp³-hybridized carbons (Fsp3) is 0.364. The Labute approximate surface area is 172 Å². The van der Waals surface area contributed by atoms with Gasteiger partial charge in [0.25, 0.3) is 0 Å². The van der Waals surface area contributed by atoms with Crippen molar-refractivity contribution in [2.45, 2.75) is 20.8 Å². The van der Waals surface area contributed by atoms with Gasteiger partial charge in [-0.15, -0.1) is 0 Å². The van der Waals surface area contributed by atoms with Crippen molar-refractivity contribution in [1.82, 2.24) is 4.90 Å². The van der Waals surface area contributed by atoms with Crippen LogP contribution in [0.4, 0.5) is 11.4 Å². The van der Waals surface area contributed by atoms with E-state index in [0.29, 0.717) is 16.3 Å². The summed E-state index contributed by atoms with van der Waals surface area (Å²) < 4.78 is 5.39.